The quantitative estimate of drug-likeness (QED) is 0.855. The minimum absolute atomic E-state index is 0.594. The van der Waals surface area contributed by atoms with Gasteiger partial charge in [-0.15, -0.1) is 0 Å². The Hall–Kier alpha value is -0.870. The summed E-state index contributed by atoms with van der Waals surface area (Å²) in [5, 5.41) is 8.04. The maximum Gasteiger partial charge on any atom is 0.0625 e. The van der Waals surface area contributed by atoms with Gasteiger partial charge in [0.25, 0.3) is 0 Å². The van der Waals surface area contributed by atoms with Gasteiger partial charge in [0.15, 0.2) is 0 Å². The minimum atomic E-state index is 0.594. The third-order valence-electron chi connectivity index (χ3n) is 3.45. The predicted molar refractivity (Wildman–Crippen MR) is 69.9 cm³/mol. The van der Waals surface area contributed by atoms with Crippen molar-refractivity contribution in [2.45, 2.75) is 39.3 Å². The highest BCUT2D eigenvalue weighted by Gasteiger charge is 2.15. The molecule has 0 bridgehead atoms. The molecule has 0 aliphatic carbocycles. The second-order valence-corrected chi connectivity index (χ2v) is 5.05. The number of rotatable bonds is 3. The van der Waals surface area contributed by atoms with Gasteiger partial charge in [0.05, 0.1) is 11.4 Å². The molecule has 2 heterocycles. The Bertz CT molecular complexity index is 358. The largest absolute Gasteiger partial charge is 0.313 e. The molecule has 0 amide bonds. The summed E-state index contributed by atoms with van der Waals surface area (Å²) in [7, 11) is 2.05. The first kappa shape index (κ1) is 12.6. The van der Waals surface area contributed by atoms with Gasteiger partial charge in [-0.25, -0.2) is 0 Å². The third-order valence-corrected chi connectivity index (χ3v) is 3.45. The topological polar surface area (TPSA) is 33.1 Å². The van der Waals surface area contributed by atoms with E-state index in [0.29, 0.717) is 6.04 Å². The Labute approximate surface area is 104 Å². The molecule has 1 aliphatic heterocycles. The van der Waals surface area contributed by atoms with E-state index < -0.39 is 0 Å². The molecule has 1 N–H and O–H groups in total. The third kappa shape index (κ3) is 3.30. The van der Waals surface area contributed by atoms with E-state index in [9.17, 15) is 0 Å². The Morgan fingerprint density at radius 1 is 1.53 bits per heavy atom. The van der Waals surface area contributed by atoms with E-state index in [4.69, 9.17) is 0 Å². The van der Waals surface area contributed by atoms with Crippen LogP contribution in [0.25, 0.3) is 0 Å². The number of nitrogens with zero attached hydrogens (tertiary/aromatic N) is 3. The molecular formula is C13H24N4. The molecule has 0 radical (unpaired) electrons. The van der Waals surface area contributed by atoms with Crippen molar-refractivity contribution < 1.29 is 0 Å². The second kappa shape index (κ2) is 5.65. The maximum atomic E-state index is 4.51. The van der Waals surface area contributed by atoms with E-state index in [1.165, 1.54) is 24.4 Å². The summed E-state index contributed by atoms with van der Waals surface area (Å²) in [5.41, 5.74) is 2.53. The van der Waals surface area contributed by atoms with E-state index in [1.54, 1.807) is 0 Å². The van der Waals surface area contributed by atoms with Gasteiger partial charge in [0, 0.05) is 26.2 Å². The number of aromatic nitrogens is 2. The molecule has 1 aromatic heterocycles. The Morgan fingerprint density at radius 2 is 2.35 bits per heavy atom. The van der Waals surface area contributed by atoms with Crippen LogP contribution in [-0.2, 0) is 20.0 Å². The number of aryl methyl sites for hydroxylation is 2. The molecule has 1 fully saturated rings. The van der Waals surface area contributed by atoms with Crippen LogP contribution in [0.1, 0.15) is 31.7 Å². The molecule has 0 aromatic carbocycles. The van der Waals surface area contributed by atoms with Crippen molar-refractivity contribution in [3.63, 3.8) is 0 Å². The van der Waals surface area contributed by atoms with Crippen LogP contribution < -0.4 is 5.32 Å². The SMILES string of the molecule is CCc1cc(CN2CCCNC(C)C2)n(C)n1. The first-order valence-corrected chi connectivity index (χ1v) is 6.66. The van der Waals surface area contributed by atoms with Gasteiger partial charge < -0.3 is 5.32 Å². The Balaban J connectivity index is 2.00. The smallest absolute Gasteiger partial charge is 0.0625 e. The van der Waals surface area contributed by atoms with Gasteiger partial charge in [-0.3, -0.25) is 9.58 Å². The molecule has 17 heavy (non-hydrogen) atoms. The molecule has 1 atom stereocenters. The van der Waals surface area contributed by atoms with Crippen molar-refractivity contribution in [1.82, 2.24) is 20.0 Å². The van der Waals surface area contributed by atoms with E-state index in [2.05, 4.69) is 35.2 Å². The molecule has 4 nitrogen and oxygen atoms in total. The zero-order valence-electron chi connectivity index (χ0n) is 11.2. The number of nitrogens with one attached hydrogen (secondary N) is 1. The van der Waals surface area contributed by atoms with Gasteiger partial charge in [0.1, 0.15) is 0 Å². The van der Waals surface area contributed by atoms with E-state index in [0.717, 1.165) is 26.1 Å². The van der Waals surface area contributed by atoms with Crippen molar-refractivity contribution in [2.75, 3.05) is 19.6 Å². The van der Waals surface area contributed by atoms with Gasteiger partial charge >= 0.3 is 0 Å². The highest BCUT2D eigenvalue weighted by molar-refractivity contribution is 5.10. The van der Waals surface area contributed by atoms with Gasteiger partial charge in [-0.1, -0.05) is 6.92 Å². The Kier molecular flexibility index (Phi) is 4.18. The highest BCUT2D eigenvalue weighted by Crippen LogP contribution is 2.10. The zero-order valence-corrected chi connectivity index (χ0v) is 11.2. The van der Waals surface area contributed by atoms with Crippen LogP contribution >= 0.6 is 0 Å². The standard InChI is InChI=1S/C13H24N4/c1-4-12-8-13(16(3)15-12)10-17-7-5-6-14-11(2)9-17/h8,11,14H,4-7,9-10H2,1-3H3. The summed E-state index contributed by atoms with van der Waals surface area (Å²) in [4.78, 5) is 2.53. The summed E-state index contributed by atoms with van der Waals surface area (Å²) < 4.78 is 2.03. The lowest BCUT2D eigenvalue weighted by atomic mass is 10.2. The lowest BCUT2D eigenvalue weighted by molar-refractivity contribution is 0.258. The first-order chi connectivity index (χ1) is 8.19. The predicted octanol–water partition coefficient (Wildman–Crippen LogP) is 1.17. The molecular weight excluding hydrogens is 212 g/mol. The lowest BCUT2D eigenvalue weighted by Gasteiger charge is -2.22. The molecule has 1 unspecified atom stereocenters. The van der Waals surface area contributed by atoms with Crippen LogP contribution in [0.2, 0.25) is 0 Å². The fourth-order valence-electron chi connectivity index (χ4n) is 2.46. The average Bonchev–Trinajstić information content (AvgIpc) is 2.52. The van der Waals surface area contributed by atoms with Crippen LogP contribution in [0.5, 0.6) is 0 Å². The maximum absolute atomic E-state index is 4.51. The molecule has 0 saturated carbocycles. The number of hydrogen-bond acceptors (Lipinski definition) is 3. The van der Waals surface area contributed by atoms with Crippen LogP contribution in [0.15, 0.2) is 6.07 Å². The fraction of sp³-hybridized carbons (Fsp3) is 0.769. The minimum Gasteiger partial charge on any atom is -0.313 e. The number of hydrogen-bond donors (Lipinski definition) is 1. The van der Waals surface area contributed by atoms with Gasteiger partial charge in [-0.05, 0) is 38.9 Å². The van der Waals surface area contributed by atoms with E-state index >= 15 is 0 Å². The summed E-state index contributed by atoms with van der Waals surface area (Å²) in [5.74, 6) is 0. The van der Waals surface area contributed by atoms with Gasteiger partial charge in [0.2, 0.25) is 0 Å². The molecule has 96 valence electrons. The van der Waals surface area contributed by atoms with Crippen LogP contribution in [-0.4, -0.2) is 40.4 Å². The molecule has 2 rings (SSSR count). The molecule has 4 heteroatoms. The van der Waals surface area contributed by atoms with Gasteiger partial charge in [-0.2, -0.15) is 5.10 Å². The van der Waals surface area contributed by atoms with Crippen LogP contribution in [0.3, 0.4) is 0 Å². The van der Waals surface area contributed by atoms with Crippen molar-refractivity contribution in [2.24, 2.45) is 7.05 Å². The monoisotopic (exact) mass is 236 g/mol. The fourth-order valence-corrected chi connectivity index (χ4v) is 2.46. The summed E-state index contributed by atoms with van der Waals surface area (Å²) >= 11 is 0. The molecule has 1 aliphatic rings. The normalized spacial score (nSPS) is 22.6. The van der Waals surface area contributed by atoms with Crippen molar-refractivity contribution in [3.8, 4) is 0 Å². The average molecular weight is 236 g/mol. The Morgan fingerprint density at radius 3 is 3.06 bits per heavy atom. The summed E-state index contributed by atoms with van der Waals surface area (Å²) in [6, 6.07) is 2.83. The lowest BCUT2D eigenvalue weighted by Crippen LogP contribution is -2.35. The van der Waals surface area contributed by atoms with Crippen molar-refractivity contribution >= 4 is 0 Å². The van der Waals surface area contributed by atoms with Crippen molar-refractivity contribution in [3.05, 3.63) is 17.5 Å². The van der Waals surface area contributed by atoms with Crippen LogP contribution in [0.4, 0.5) is 0 Å². The first-order valence-electron chi connectivity index (χ1n) is 6.66. The van der Waals surface area contributed by atoms with Crippen molar-refractivity contribution in [1.29, 1.82) is 0 Å². The molecule has 0 spiro atoms. The zero-order chi connectivity index (χ0) is 12.3. The summed E-state index contributed by atoms with van der Waals surface area (Å²) in [6.07, 6.45) is 2.26. The molecule has 1 aromatic rings. The summed E-state index contributed by atoms with van der Waals surface area (Å²) in [6.45, 7) is 8.90. The molecule has 1 saturated heterocycles. The van der Waals surface area contributed by atoms with E-state index in [-0.39, 0.29) is 0 Å². The highest BCUT2D eigenvalue weighted by atomic mass is 15.3. The van der Waals surface area contributed by atoms with E-state index in [1.807, 2.05) is 11.7 Å². The van der Waals surface area contributed by atoms with Crippen LogP contribution in [0, 0.1) is 0 Å². The second-order valence-electron chi connectivity index (χ2n) is 5.05.